The van der Waals surface area contributed by atoms with Crippen LogP contribution in [0.15, 0.2) is 0 Å². The van der Waals surface area contributed by atoms with Crippen LogP contribution in [0.4, 0.5) is 8.78 Å². The number of nitriles is 1. The Morgan fingerprint density at radius 3 is 2.64 bits per heavy atom. The molecule has 2 unspecified atom stereocenters. The molecule has 0 aromatic rings. The first kappa shape index (κ1) is 8.41. The minimum Gasteiger partial charge on any atom is -0.320 e. The second-order valence-corrected chi connectivity index (χ2v) is 2.66. The maximum atomic E-state index is 11.6. The fourth-order valence-electron chi connectivity index (χ4n) is 1.33. The summed E-state index contributed by atoms with van der Waals surface area (Å²) in [5.74, 6) is -0.0845. The summed E-state index contributed by atoms with van der Waals surface area (Å²) in [4.78, 5) is 0. The minimum absolute atomic E-state index is 0.0845. The monoisotopic (exact) mass is 161 g/mol. The van der Waals surface area contributed by atoms with Gasteiger partial charge in [0, 0.05) is 5.92 Å². The summed E-state index contributed by atoms with van der Waals surface area (Å²) in [5.41, 5.74) is 0. The SMILES string of the molecule is N#CC1CCC(OC(F)F)C1. The van der Waals surface area contributed by atoms with Crippen molar-refractivity contribution in [2.45, 2.75) is 32.0 Å². The van der Waals surface area contributed by atoms with Crippen LogP contribution in [0.2, 0.25) is 0 Å². The molecule has 0 radical (unpaired) electrons. The van der Waals surface area contributed by atoms with Gasteiger partial charge in [0.2, 0.25) is 0 Å². The molecule has 0 bridgehead atoms. The van der Waals surface area contributed by atoms with Crippen LogP contribution >= 0.6 is 0 Å². The van der Waals surface area contributed by atoms with E-state index in [0.29, 0.717) is 19.3 Å². The third-order valence-electron chi connectivity index (χ3n) is 1.86. The molecular weight excluding hydrogens is 152 g/mol. The molecular formula is C7H9F2NO. The highest BCUT2D eigenvalue weighted by Gasteiger charge is 2.27. The highest BCUT2D eigenvalue weighted by atomic mass is 19.3. The van der Waals surface area contributed by atoms with Crippen molar-refractivity contribution in [1.82, 2.24) is 0 Å². The maximum absolute atomic E-state index is 11.6. The Kier molecular flexibility index (Phi) is 2.77. The second-order valence-electron chi connectivity index (χ2n) is 2.66. The first-order valence-corrected chi connectivity index (χ1v) is 3.55. The minimum atomic E-state index is -2.70. The molecule has 0 spiro atoms. The summed E-state index contributed by atoms with van der Waals surface area (Å²) in [7, 11) is 0. The van der Waals surface area contributed by atoms with Crippen LogP contribution in [0, 0.1) is 17.2 Å². The highest BCUT2D eigenvalue weighted by molar-refractivity contribution is 4.90. The average molecular weight is 161 g/mol. The topological polar surface area (TPSA) is 33.0 Å². The molecule has 0 heterocycles. The third kappa shape index (κ3) is 2.43. The summed E-state index contributed by atoms with van der Waals surface area (Å²) in [6.45, 7) is -2.70. The van der Waals surface area contributed by atoms with Crippen LogP contribution in [0.1, 0.15) is 19.3 Å². The zero-order chi connectivity index (χ0) is 8.27. The Morgan fingerprint density at radius 2 is 2.18 bits per heavy atom. The molecule has 4 heteroatoms. The Labute approximate surface area is 63.8 Å². The number of hydrogen-bond acceptors (Lipinski definition) is 2. The van der Waals surface area contributed by atoms with Crippen molar-refractivity contribution < 1.29 is 13.5 Å². The zero-order valence-electron chi connectivity index (χ0n) is 5.96. The summed E-state index contributed by atoms with van der Waals surface area (Å²) >= 11 is 0. The van der Waals surface area contributed by atoms with Gasteiger partial charge in [-0.05, 0) is 19.3 Å². The van der Waals surface area contributed by atoms with Gasteiger partial charge < -0.3 is 4.74 Å². The molecule has 0 amide bonds. The van der Waals surface area contributed by atoms with Gasteiger partial charge in [0.25, 0.3) is 0 Å². The molecule has 2 nitrogen and oxygen atoms in total. The molecule has 0 aliphatic heterocycles. The van der Waals surface area contributed by atoms with E-state index in [0.717, 1.165) is 0 Å². The molecule has 0 aromatic heterocycles. The number of halogens is 2. The largest absolute Gasteiger partial charge is 0.345 e. The lowest BCUT2D eigenvalue weighted by Crippen LogP contribution is -2.12. The van der Waals surface area contributed by atoms with Crippen molar-refractivity contribution in [1.29, 1.82) is 5.26 Å². The molecule has 1 fully saturated rings. The normalized spacial score (nSPS) is 30.7. The summed E-state index contributed by atoms with van der Waals surface area (Å²) in [6, 6.07) is 2.04. The van der Waals surface area contributed by atoms with Crippen LogP contribution in [-0.4, -0.2) is 12.7 Å². The summed E-state index contributed by atoms with van der Waals surface area (Å²) in [5, 5.41) is 8.42. The fourth-order valence-corrected chi connectivity index (χ4v) is 1.33. The lowest BCUT2D eigenvalue weighted by Gasteiger charge is -2.08. The quantitative estimate of drug-likeness (QED) is 0.619. The van der Waals surface area contributed by atoms with Crippen molar-refractivity contribution in [3.8, 4) is 6.07 Å². The Bertz CT molecular complexity index is 166. The van der Waals surface area contributed by atoms with Gasteiger partial charge in [-0.2, -0.15) is 14.0 Å². The standard InChI is InChI=1S/C7H9F2NO/c8-7(9)11-6-2-1-5(3-6)4-10/h5-7H,1-3H2. The molecule has 2 atom stereocenters. The van der Waals surface area contributed by atoms with E-state index < -0.39 is 12.7 Å². The smallest absolute Gasteiger partial charge is 0.320 e. The Morgan fingerprint density at radius 1 is 1.45 bits per heavy atom. The summed E-state index contributed by atoms with van der Waals surface area (Å²) in [6.07, 6.45) is 1.33. The number of alkyl halides is 2. The lowest BCUT2D eigenvalue weighted by molar-refractivity contribution is -0.160. The van der Waals surface area contributed by atoms with E-state index in [9.17, 15) is 8.78 Å². The van der Waals surface area contributed by atoms with E-state index in [1.807, 2.05) is 6.07 Å². The number of nitrogens with zero attached hydrogens (tertiary/aromatic N) is 1. The number of ether oxygens (including phenoxy) is 1. The Hall–Kier alpha value is -0.690. The molecule has 0 aromatic carbocycles. The van der Waals surface area contributed by atoms with E-state index in [-0.39, 0.29) is 5.92 Å². The fraction of sp³-hybridized carbons (Fsp3) is 0.857. The van der Waals surface area contributed by atoms with E-state index in [1.54, 1.807) is 0 Å². The molecule has 1 rings (SSSR count). The maximum Gasteiger partial charge on any atom is 0.345 e. The average Bonchev–Trinajstić information content (AvgIpc) is 2.34. The van der Waals surface area contributed by atoms with Gasteiger partial charge in [0.15, 0.2) is 0 Å². The van der Waals surface area contributed by atoms with Gasteiger partial charge in [0.1, 0.15) is 0 Å². The molecule has 1 saturated carbocycles. The highest BCUT2D eigenvalue weighted by Crippen LogP contribution is 2.28. The molecule has 1 aliphatic rings. The van der Waals surface area contributed by atoms with Crippen molar-refractivity contribution in [2.24, 2.45) is 5.92 Å². The predicted molar refractivity (Wildman–Crippen MR) is 33.8 cm³/mol. The van der Waals surface area contributed by atoms with Crippen molar-refractivity contribution in [3.63, 3.8) is 0 Å². The van der Waals surface area contributed by atoms with Crippen LogP contribution in [0.25, 0.3) is 0 Å². The van der Waals surface area contributed by atoms with Crippen molar-refractivity contribution >= 4 is 0 Å². The van der Waals surface area contributed by atoms with Gasteiger partial charge in [-0.3, -0.25) is 0 Å². The van der Waals surface area contributed by atoms with Gasteiger partial charge in [-0.25, -0.2) is 0 Å². The van der Waals surface area contributed by atoms with Gasteiger partial charge in [0.05, 0.1) is 12.2 Å². The van der Waals surface area contributed by atoms with Crippen LogP contribution in [-0.2, 0) is 4.74 Å². The molecule has 0 saturated heterocycles. The van der Waals surface area contributed by atoms with E-state index in [4.69, 9.17) is 5.26 Å². The van der Waals surface area contributed by atoms with E-state index in [2.05, 4.69) is 4.74 Å². The third-order valence-corrected chi connectivity index (χ3v) is 1.86. The summed E-state index contributed by atoms with van der Waals surface area (Å²) < 4.78 is 27.5. The molecule has 11 heavy (non-hydrogen) atoms. The lowest BCUT2D eigenvalue weighted by atomic mass is 10.1. The molecule has 1 aliphatic carbocycles. The van der Waals surface area contributed by atoms with E-state index in [1.165, 1.54) is 0 Å². The first-order chi connectivity index (χ1) is 5.22. The van der Waals surface area contributed by atoms with E-state index >= 15 is 0 Å². The second kappa shape index (κ2) is 3.63. The van der Waals surface area contributed by atoms with Crippen LogP contribution < -0.4 is 0 Å². The van der Waals surface area contributed by atoms with Crippen LogP contribution in [0.3, 0.4) is 0 Å². The predicted octanol–water partition coefficient (Wildman–Crippen LogP) is 1.92. The van der Waals surface area contributed by atoms with Crippen molar-refractivity contribution in [2.75, 3.05) is 0 Å². The Balaban J connectivity index is 2.26. The van der Waals surface area contributed by atoms with Crippen LogP contribution in [0.5, 0.6) is 0 Å². The van der Waals surface area contributed by atoms with Gasteiger partial charge in [-0.15, -0.1) is 0 Å². The number of hydrogen-bond donors (Lipinski definition) is 0. The van der Waals surface area contributed by atoms with Crippen molar-refractivity contribution in [3.05, 3.63) is 0 Å². The van der Waals surface area contributed by atoms with Gasteiger partial charge in [-0.1, -0.05) is 0 Å². The molecule has 62 valence electrons. The van der Waals surface area contributed by atoms with Gasteiger partial charge >= 0.3 is 6.61 Å². The first-order valence-electron chi connectivity index (χ1n) is 3.55. The zero-order valence-corrected chi connectivity index (χ0v) is 5.96. The number of rotatable bonds is 2. The molecule has 0 N–H and O–H groups in total.